The Bertz CT molecular complexity index is 1470. The Morgan fingerprint density at radius 3 is 2.39 bits per heavy atom. The summed E-state index contributed by atoms with van der Waals surface area (Å²) in [5, 5.41) is 3.38. The van der Waals surface area contributed by atoms with Gasteiger partial charge in [-0.3, -0.25) is 4.79 Å². The Labute approximate surface area is 221 Å². The highest BCUT2D eigenvalue weighted by atomic mass is 32.2. The van der Waals surface area contributed by atoms with Crippen molar-refractivity contribution in [3.63, 3.8) is 0 Å². The summed E-state index contributed by atoms with van der Waals surface area (Å²) in [6.45, 7) is 4.84. The van der Waals surface area contributed by atoms with E-state index in [0.29, 0.717) is 36.4 Å². The molecule has 2 N–H and O–H groups in total. The molecule has 10 heteroatoms. The fourth-order valence-electron chi connectivity index (χ4n) is 5.37. The summed E-state index contributed by atoms with van der Waals surface area (Å²) in [5.74, 6) is -1.74. The number of nitrogens with one attached hydrogen (secondary N) is 2. The number of sulfonamides is 1. The molecular formula is C28H30F2N4O3S. The first kappa shape index (κ1) is 26.0. The first-order valence-corrected chi connectivity index (χ1v) is 14.4. The topological polar surface area (TPSA) is 81.8 Å². The van der Waals surface area contributed by atoms with Crippen molar-refractivity contribution in [3.05, 3.63) is 89.0 Å². The van der Waals surface area contributed by atoms with Crippen molar-refractivity contribution in [1.29, 1.82) is 0 Å². The molecule has 0 saturated carbocycles. The lowest BCUT2D eigenvalue weighted by Gasteiger charge is -2.38. The van der Waals surface area contributed by atoms with Crippen LogP contribution < -0.4 is 19.8 Å². The molecule has 200 valence electrons. The summed E-state index contributed by atoms with van der Waals surface area (Å²) < 4.78 is 53.9. The number of carbonyl (C=O) groups is 1. The molecule has 0 spiro atoms. The fraction of sp³-hybridized carbons (Fsp3) is 0.321. The van der Waals surface area contributed by atoms with Gasteiger partial charge >= 0.3 is 0 Å². The smallest absolute Gasteiger partial charge is 0.266 e. The van der Waals surface area contributed by atoms with Crippen LogP contribution >= 0.6 is 0 Å². The number of rotatable bonds is 5. The monoisotopic (exact) mass is 540 g/mol. The summed E-state index contributed by atoms with van der Waals surface area (Å²) in [5.41, 5.74) is 3.72. The van der Waals surface area contributed by atoms with E-state index >= 15 is 0 Å². The van der Waals surface area contributed by atoms with Crippen LogP contribution in [0.4, 0.5) is 25.8 Å². The van der Waals surface area contributed by atoms with Crippen LogP contribution in [0.5, 0.6) is 0 Å². The predicted molar refractivity (Wildman–Crippen MR) is 145 cm³/mol. The Morgan fingerprint density at radius 2 is 1.68 bits per heavy atom. The molecule has 0 radical (unpaired) electrons. The standard InChI is InChI=1S/C28H30F2N4O3S/c1-18-14-25(31-27-22(18)16-20(29)17-23(27)28(35)32-38(2,36)37)19-6-5-7-21(15-19)33-10-12-34(13-11-33)26-9-4-3-8-24(26)30/h3-9,15-18,25,31H,10-14H2,1-2H3,(H,32,35). The van der Waals surface area contributed by atoms with Crippen molar-refractivity contribution < 1.29 is 22.0 Å². The highest BCUT2D eigenvalue weighted by molar-refractivity contribution is 7.89. The van der Waals surface area contributed by atoms with Crippen LogP contribution in [0.25, 0.3) is 0 Å². The summed E-state index contributed by atoms with van der Waals surface area (Å²) in [7, 11) is -3.81. The van der Waals surface area contributed by atoms with Crippen molar-refractivity contribution >= 4 is 33.0 Å². The van der Waals surface area contributed by atoms with Gasteiger partial charge in [0.2, 0.25) is 10.0 Å². The number of fused-ring (bicyclic) bond motifs is 1. The van der Waals surface area contributed by atoms with Gasteiger partial charge in [0.05, 0.1) is 29.2 Å². The van der Waals surface area contributed by atoms with Gasteiger partial charge < -0.3 is 15.1 Å². The number of halogens is 2. The summed E-state index contributed by atoms with van der Waals surface area (Å²) in [6, 6.07) is 17.3. The van der Waals surface area contributed by atoms with Crippen LogP contribution in [0.15, 0.2) is 60.7 Å². The minimum absolute atomic E-state index is 0.0394. The molecule has 1 saturated heterocycles. The van der Waals surface area contributed by atoms with Crippen LogP contribution in [-0.4, -0.2) is 46.8 Å². The lowest BCUT2D eigenvalue weighted by Crippen LogP contribution is -2.46. The van der Waals surface area contributed by atoms with Crippen molar-refractivity contribution in [3.8, 4) is 0 Å². The number of hydrogen-bond donors (Lipinski definition) is 2. The summed E-state index contributed by atoms with van der Waals surface area (Å²) >= 11 is 0. The van der Waals surface area contributed by atoms with Gasteiger partial charge in [-0.15, -0.1) is 0 Å². The number of benzene rings is 3. The summed E-state index contributed by atoms with van der Waals surface area (Å²) in [6.07, 6.45) is 1.56. The number of anilines is 3. The number of carbonyl (C=O) groups excluding carboxylic acids is 1. The van der Waals surface area contributed by atoms with E-state index in [1.165, 1.54) is 12.1 Å². The zero-order chi connectivity index (χ0) is 27.0. The summed E-state index contributed by atoms with van der Waals surface area (Å²) in [4.78, 5) is 17.0. The second-order valence-corrected chi connectivity index (χ2v) is 11.7. The molecule has 0 aromatic heterocycles. The van der Waals surface area contributed by atoms with E-state index in [-0.39, 0.29) is 23.3 Å². The molecule has 0 aliphatic carbocycles. The predicted octanol–water partition coefficient (Wildman–Crippen LogP) is 4.64. The van der Waals surface area contributed by atoms with Crippen molar-refractivity contribution in [2.24, 2.45) is 0 Å². The maximum Gasteiger partial charge on any atom is 0.266 e. The molecule has 0 bridgehead atoms. The average molecular weight is 541 g/mol. The van der Waals surface area contributed by atoms with Crippen molar-refractivity contribution in [2.45, 2.75) is 25.3 Å². The minimum Gasteiger partial charge on any atom is -0.377 e. The molecule has 1 amide bonds. The van der Waals surface area contributed by atoms with Gasteiger partial charge in [0, 0.05) is 31.9 Å². The first-order valence-electron chi connectivity index (χ1n) is 12.6. The second kappa shape index (κ2) is 10.2. The molecule has 2 aliphatic heterocycles. The van der Waals surface area contributed by atoms with Gasteiger partial charge in [-0.25, -0.2) is 21.9 Å². The van der Waals surface area contributed by atoms with E-state index in [0.717, 1.165) is 36.7 Å². The Morgan fingerprint density at radius 1 is 0.974 bits per heavy atom. The number of nitrogens with zero attached hydrogens (tertiary/aromatic N) is 2. The molecular weight excluding hydrogens is 510 g/mol. The zero-order valence-electron chi connectivity index (χ0n) is 21.2. The third-order valence-electron chi connectivity index (χ3n) is 7.21. The lowest BCUT2D eigenvalue weighted by atomic mass is 9.84. The zero-order valence-corrected chi connectivity index (χ0v) is 22.1. The second-order valence-electron chi connectivity index (χ2n) is 9.98. The molecule has 3 aromatic carbocycles. The van der Waals surface area contributed by atoms with Gasteiger partial charge in [0.1, 0.15) is 11.6 Å². The first-order chi connectivity index (χ1) is 18.1. The molecule has 2 aliphatic rings. The van der Waals surface area contributed by atoms with Crippen molar-refractivity contribution in [2.75, 3.05) is 47.6 Å². The maximum absolute atomic E-state index is 14.4. The molecule has 2 atom stereocenters. The van der Waals surface area contributed by atoms with Crippen LogP contribution in [-0.2, 0) is 10.0 Å². The SMILES string of the molecule is CC1CC(c2cccc(N3CCN(c4ccccc4F)CC3)c2)Nc2c(C(=O)NS(C)(=O)=O)cc(F)cc21. The number of para-hydroxylation sites is 1. The molecule has 38 heavy (non-hydrogen) atoms. The van der Waals surface area contributed by atoms with Crippen LogP contribution in [0, 0.1) is 11.6 Å². The van der Waals surface area contributed by atoms with E-state index in [1.807, 2.05) is 35.9 Å². The van der Waals surface area contributed by atoms with E-state index in [2.05, 4.69) is 21.2 Å². The molecule has 2 heterocycles. The number of piperazine rings is 1. The molecule has 2 unspecified atom stereocenters. The average Bonchev–Trinajstić information content (AvgIpc) is 2.88. The molecule has 3 aromatic rings. The maximum atomic E-state index is 14.4. The van der Waals surface area contributed by atoms with E-state index in [1.54, 1.807) is 12.1 Å². The highest BCUT2D eigenvalue weighted by Gasteiger charge is 2.30. The van der Waals surface area contributed by atoms with Gasteiger partial charge in [-0.05, 0) is 59.9 Å². The highest BCUT2D eigenvalue weighted by Crippen LogP contribution is 2.42. The lowest BCUT2D eigenvalue weighted by molar-refractivity contribution is 0.0981. The van der Waals surface area contributed by atoms with Gasteiger partial charge in [-0.1, -0.05) is 31.2 Å². The molecule has 5 rings (SSSR count). The Hall–Kier alpha value is -3.66. The van der Waals surface area contributed by atoms with E-state index in [9.17, 15) is 22.0 Å². The Kier molecular flexibility index (Phi) is 7.00. The normalized spacial score (nSPS) is 19.5. The molecule has 1 fully saturated rings. The quantitative estimate of drug-likeness (QED) is 0.491. The third-order valence-corrected chi connectivity index (χ3v) is 7.76. The van der Waals surface area contributed by atoms with E-state index < -0.39 is 21.7 Å². The fourth-order valence-corrected chi connectivity index (χ4v) is 5.81. The van der Waals surface area contributed by atoms with Gasteiger partial charge in [0.25, 0.3) is 5.91 Å². The minimum atomic E-state index is -3.81. The third kappa shape index (κ3) is 5.45. The van der Waals surface area contributed by atoms with E-state index in [4.69, 9.17) is 0 Å². The van der Waals surface area contributed by atoms with Crippen molar-refractivity contribution in [1.82, 2.24) is 4.72 Å². The van der Waals surface area contributed by atoms with Crippen LogP contribution in [0.1, 0.15) is 46.8 Å². The van der Waals surface area contributed by atoms with Crippen LogP contribution in [0.3, 0.4) is 0 Å². The van der Waals surface area contributed by atoms with Gasteiger partial charge in [0.15, 0.2) is 0 Å². The largest absolute Gasteiger partial charge is 0.377 e. The van der Waals surface area contributed by atoms with Crippen LogP contribution in [0.2, 0.25) is 0 Å². The Balaban J connectivity index is 1.36. The number of amides is 1. The molecule has 7 nitrogen and oxygen atoms in total. The number of hydrogen-bond acceptors (Lipinski definition) is 6. The van der Waals surface area contributed by atoms with Gasteiger partial charge in [-0.2, -0.15) is 0 Å².